The molecule has 2 aromatic heterocycles. The van der Waals surface area contributed by atoms with E-state index in [1.165, 1.54) is 0 Å². The number of pyridine rings is 1. The Balaban J connectivity index is 1.77. The van der Waals surface area contributed by atoms with Gasteiger partial charge in [0.2, 0.25) is 0 Å². The number of hydrogen-bond donors (Lipinski definition) is 1. The molecule has 1 aromatic carbocycles. The largest absolute Gasteiger partial charge is 0.312 e. The van der Waals surface area contributed by atoms with Crippen LogP contribution in [0.3, 0.4) is 0 Å². The van der Waals surface area contributed by atoms with Crippen LogP contribution >= 0.6 is 11.6 Å². The quantitative estimate of drug-likeness (QED) is 0.642. The van der Waals surface area contributed by atoms with E-state index in [9.17, 15) is 0 Å². The second-order valence-corrected chi connectivity index (χ2v) is 7.75. The van der Waals surface area contributed by atoms with Crippen LogP contribution in [0.4, 0.5) is 0 Å². The third-order valence-electron chi connectivity index (χ3n) is 4.21. The average Bonchev–Trinajstić information content (AvgIpc) is 3.04. The van der Waals surface area contributed by atoms with Crippen LogP contribution < -0.4 is 5.32 Å². The van der Waals surface area contributed by atoms with E-state index in [1.54, 1.807) is 0 Å². The molecule has 0 aliphatic rings. The minimum absolute atomic E-state index is 0.0811. The maximum absolute atomic E-state index is 6.42. The van der Waals surface area contributed by atoms with Crippen molar-refractivity contribution in [3.63, 3.8) is 0 Å². The standard InChI is InChI=1S/C21H25ClN4/c1-21(2,3)26-15-16(14-23-13-11-17-8-6-7-12-24-17)20(25-26)18-9-4-5-10-19(18)22/h4-10,12,15,23H,11,13-14H2,1-3H3. The molecule has 2 heterocycles. The topological polar surface area (TPSA) is 42.7 Å². The fraction of sp³-hybridized carbons (Fsp3) is 0.333. The van der Waals surface area contributed by atoms with Gasteiger partial charge in [0.05, 0.1) is 16.3 Å². The smallest absolute Gasteiger partial charge is 0.0983 e. The molecule has 0 radical (unpaired) electrons. The number of benzene rings is 1. The van der Waals surface area contributed by atoms with Gasteiger partial charge in [0, 0.05) is 48.7 Å². The van der Waals surface area contributed by atoms with Gasteiger partial charge in [-0.15, -0.1) is 0 Å². The monoisotopic (exact) mass is 368 g/mol. The van der Waals surface area contributed by atoms with Crippen molar-refractivity contribution in [3.05, 3.63) is 71.1 Å². The molecule has 136 valence electrons. The molecular weight excluding hydrogens is 344 g/mol. The van der Waals surface area contributed by atoms with E-state index in [4.69, 9.17) is 16.7 Å². The number of halogens is 1. The predicted molar refractivity (Wildman–Crippen MR) is 107 cm³/mol. The number of hydrogen-bond acceptors (Lipinski definition) is 3. The van der Waals surface area contributed by atoms with Crippen molar-refractivity contribution in [2.24, 2.45) is 0 Å². The first-order valence-corrected chi connectivity index (χ1v) is 9.27. The van der Waals surface area contributed by atoms with Gasteiger partial charge in [0.15, 0.2) is 0 Å². The highest BCUT2D eigenvalue weighted by Gasteiger charge is 2.19. The molecular formula is C21H25ClN4. The molecule has 0 saturated carbocycles. The number of nitrogens with zero attached hydrogens (tertiary/aromatic N) is 3. The van der Waals surface area contributed by atoms with Gasteiger partial charge in [-0.05, 0) is 39.0 Å². The van der Waals surface area contributed by atoms with Crippen LogP contribution in [0.5, 0.6) is 0 Å². The molecule has 0 amide bonds. The minimum Gasteiger partial charge on any atom is -0.312 e. The maximum atomic E-state index is 6.42. The van der Waals surface area contributed by atoms with Crippen LogP contribution in [0.25, 0.3) is 11.3 Å². The second kappa shape index (κ2) is 8.02. The van der Waals surface area contributed by atoms with Gasteiger partial charge in [0.25, 0.3) is 0 Å². The summed E-state index contributed by atoms with van der Waals surface area (Å²) in [5.74, 6) is 0. The zero-order chi connectivity index (χ0) is 18.6. The number of nitrogens with one attached hydrogen (secondary N) is 1. The van der Waals surface area contributed by atoms with Crippen molar-refractivity contribution in [1.29, 1.82) is 0 Å². The summed E-state index contributed by atoms with van der Waals surface area (Å²) in [4.78, 5) is 4.36. The van der Waals surface area contributed by atoms with Gasteiger partial charge in [-0.1, -0.05) is 35.9 Å². The molecule has 0 spiro atoms. The van der Waals surface area contributed by atoms with Gasteiger partial charge < -0.3 is 5.32 Å². The van der Waals surface area contributed by atoms with Gasteiger partial charge in [-0.2, -0.15) is 5.10 Å². The Morgan fingerprint density at radius 2 is 1.85 bits per heavy atom. The predicted octanol–water partition coefficient (Wildman–Crippen LogP) is 4.69. The highest BCUT2D eigenvalue weighted by molar-refractivity contribution is 6.33. The van der Waals surface area contributed by atoms with E-state index in [0.29, 0.717) is 0 Å². The Morgan fingerprint density at radius 3 is 2.54 bits per heavy atom. The van der Waals surface area contributed by atoms with Crippen LogP contribution in [0.1, 0.15) is 32.0 Å². The lowest BCUT2D eigenvalue weighted by atomic mass is 10.1. The summed E-state index contributed by atoms with van der Waals surface area (Å²) in [6.07, 6.45) is 4.85. The van der Waals surface area contributed by atoms with E-state index in [2.05, 4.69) is 43.3 Å². The molecule has 3 aromatic rings. The summed E-state index contributed by atoms with van der Waals surface area (Å²) in [7, 11) is 0. The lowest BCUT2D eigenvalue weighted by Crippen LogP contribution is -2.22. The highest BCUT2D eigenvalue weighted by atomic mass is 35.5. The third kappa shape index (κ3) is 4.51. The molecule has 3 rings (SSSR count). The Labute approximate surface area is 160 Å². The first-order chi connectivity index (χ1) is 12.4. The van der Waals surface area contributed by atoms with Crippen molar-refractivity contribution in [2.45, 2.75) is 39.3 Å². The van der Waals surface area contributed by atoms with Crippen molar-refractivity contribution in [3.8, 4) is 11.3 Å². The Kier molecular flexibility index (Phi) is 5.74. The van der Waals surface area contributed by atoms with E-state index in [-0.39, 0.29) is 5.54 Å². The van der Waals surface area contributed by atoms with Gasteiger partial charge >= 0.3 is 0 Å². The summed E-state index contributed by atoms with van der Waals surface area (Å²) in [5, 5.41) is 9.06. The van der Waals surface area contributed by atoms with Crippen LogP contribution in [-0.4, -0.2) is 21.3 Å². The lowest BCUT2D eigenvalue weighted by Gasteiger charge is -2.18. The molecule has 0 atom stereocenters. The van der Waals surface area contributed by atoms with Crippen LogP contribution in [0.15, 0.2) is 54.9 Å². The van der Waals surface area contributed by atoms with Gasteiger partial charge in [0.1, 0.15) is 0 Å². The Bertz CT molecular complexity index is 850. The molecule has 0 aliphatic heterocycles. The summed E-state index contributed by atoms with van der Waals surface area (Å²) >= 11 is 6.42. The average molecular weight is 369 g/mol. The number of rotatable bonds is 6. The maximum Gasteiger partial charge on any atom is 0.0983 e. The van der Waals surface area contributed by atoms with Crippen LogP contribution in [-0.2, 0) is 18.5 Å². The zero-order valence-corrected chi connectivity index (χ0v) is 16.3. The van der Waals surface area contributed by atoms with Crippen molar-refractivity contribution >= 4 is 11.6 Å². The minimum atomic E-state index is -0.0811. The summed E-state index contributed by atoms with van der Waals surface area (Å²) in [5.41, 5.74) is 4.07. The summed E-state index contributed by atoms with van der Waals surface area (Å²) in [6.45, 7) is 8.04. The molecule has 0 bridgehead atoms. The molecule has 0 aliphatic carbocycles. The number of aromatic nitrogens is 3. The van der Waals surface area contributed by atoms with Crippen molar-refractivity contribution in [1.82, 2.24) is 20.1 Å². The van der Waals surface area contributed by atoms with Crippen LogP contribution in [0, 0.1) is 0 Å². The normalized spacial score (nSPS) is 11.7. The van der Waals surface area contributed by atoms with E-state index < -0.39 is 0 Å². The zero-order valence-electron chi connectivity index (χ0n) is 15.5. The fourth-order valence-electron chi connectivity index (χ4n) is 2.75. The molecule has 0 unspecified atom stereocenters. The van der Waals surface area contributed by atoms with Gasteiger partial charge in [-0.25, -0.2) is 0 Å². The summed E-state index contributed by atoms with van der Waals surface area (Å²) in [6, 6.07) is 13.9. The Morgan fingerprint density at radius 1 is 1.08 bits per heavy atom. The lowest BCUT2D eigenvalue weighted by molar-refractivity contribution is 0.356. The van der Waals surface area contributed by atoms with E-state index in [0.717, 1.165) is 47.0 Å². The van der Waals surface area contributed by atoms with Gasteiger partial charge in [-0.3, -0.25) is 9.67 Å². The summed E-state index contributed by atoms with van der Waals surface area (Å²) < 4.78 is 2.02. The van der Waals surface area contributed by atoms with Crippen molar-refractivity contribution < 1.29 is 0 Å². The van der Waals surface area contributed by atoms with Crippen molar-refractivity contribution in [2.75, 3.05) is 6.54 Å². The first-order valence-electron chi connectivity index (χ1n) is 8.90. The second-order valence-electron chi connectivity index (χ2n) is 7.35. The molecule has 0 fully saturated rings. The SMILES string of the molecule is CC(C)(C)n1cc(CNCCc2ccccn2)c(-c2ccccc2Cl)n1. The molecule has 1 N–H and O–H groups in total. The highest BCUT2D eigenvalue weighted by Crippen LogP contribution is 2.30. The molecule has 0 saturated heterocycles. The fourth-order valence-corrected chi connectivity index (χ4v) is 2.97. The van der Waals surface area contributed by atoms with Crippen LogP contribution in [0.2, 0.25) is 5.02 Å². The molecule has 4 nitrogen and oxygen atoms in total. The van der Waals surface area contributed by atoms with E-state index in [1.807, 2.05) is 47.3 Å². The van der Waals surface area contributed by atoms with E-state index >= 15 is 0 Å². The third-order valence-corrected chi connectivity index (χ3v) is 4.54. The Hall–Kier alpha value is -2.17. The molecule has 5 heteroatoms. The molecule has 26 heavy (non-hydrogen) atoms. The first kappa shape index (κ1) is 18.6.